The molecule has 1 N–H and O–H groups in total. The molecule has 2 aromatic carbocycles. The van der Waals surface area contributed by atoms with Gasteiger partial charge in [0.1, 0.15) is 11.8 Å². The summed E-state index contributed by atoms with van der Waals surface area (Å²) in [6.07, 6.45) is -2.00. The number of benzene rings is 2. The maximum absolute atomic E-state index is 13.2. The second kappa shape index (κ2) is 9.68. The average molecular weight is 498 g/mol. The first-order valence-electron chi connectivity index (χ1n) is 10.9. The minimum absolute atomic E-state index is 0.0590. The van der Waals surface area contributed by atoms with E-state index in [1.165, 1.54) is 36.4 Å². The summed E-state index contributed by atoms with van der Waals surface area (Å²) in [4.78, 5) is 45.2. The second-order valence-corrected chi connectivity index (χ2v) is 8.10. The number of urea groups is 1. The summed E-state index contributed by atoms with van der Waals surface area (Å²) in [5.74, 6) is -1.45. The molecule has 186 valence electrons. The van der Waals surface area contributed by atoms with Gasteiger partial charge in [-0.2, -0.15) is 0 Å². The number of hydrogen-bond acceptors (Lipinski definition) is 5. The summed E-state index contributed by atoms with van der Waals surface area (Å²) < 4.78 is 41.1. The largest absolute Gasteiger partial charge is 0.573 e. The van der Waals surface area contributed by atoms with Crippen LogP contribution in [0.1, 0.15) is 28.4 Å². The molecule has 1 unspecified atom stereocenters. The van der Waals surface area contributed by atoms with Crippen LogP contribution in [0, 0.1) is 6.92 Å². The molecular formula is C25H21F3N4O4. The van der Waals surface area contributed by atoms with Gasteiger partial charge in [0.15, 0.2) is 0 Å². The number of ether oxygens (including phenoxy) is 1. The van der Waals surface area contributed by atoms with Gasteiger partial charge in [-0.3, -0.25) is 14.6 Å². The van der Waals surface area contributed by atoms with Gasteiger partial charge in [0.25, 0.3) is 11.8 Å². The fourth-order valence-electron chi connectivity index (χ4n) is 3.80. The number of carbonyl (C=O) groups is 3. The molecule has 2 heterocycles. The van der Waals surface area contributed by atoms with Crippen LogP contribution in [0.25, 0.3) is 0 Å². The van der Waals surface area contributed by atoms with Crippen LogP contribution >= 0.6 is 0 Å². The molecule has 0 radical (unpaired) electrons. The van der Waals surface area contributed by atoms with Gasteiger partial charge >= 0.3 is 12.4 Å². The zero-order chi connectivity index (χ0) is 26.0. The van der Waals surface area contributed by atoms with Crippen LogP contribution < -0.4 is 15.0 Å². The molecule has 0 spiro atoms. The van der Waals surface area contributed by atoms with Crippen molar-refractivity contribution in [2.45, 2.75) is 32.8 Å². The number of carbonyl (C=O) groups excluding carboxylic acids is 3. The van der Waals surface area contributed by atoms with Gasteiger partial charge in [-0.05, 0) is 61.4 Å². The molecule has 4 amide bonds. The molecule has 8 nitrogen and oxygen atoms in total. The second-order valence-electron chi connectivity index (χ2n) is 8.10. The Balaban J connectivity index is 1.54. The molecule has 1 aliphatic rings. The van der Waals surface area contributed by atoms with Crippen LogP contribution in [0.4, 0.5) is 29.3 Å². The Morgan fingerprint density at radius 3 is 2.44 bits per heavy atom. The average Bonchev–Trinajstić information content (AvgIpc) is 3.03. The molecule has 1 atom stereocenters. The Hall–Kier alpha value is -4.41. The Bertz CT molecular complexity index is 1310. The molecule has 36 heavy (non-hydrogen) atoms. The van der Waals surface area contributed by atoms with E-state index in [-0.39, 0.29) is 17.8 Å². The number of aryl methyl sites for hydroxylation is 1. The van der Waals surface area contributed by atoms with E-state index in [0.717, 1.165) is 22.6 Å². The number of para-hydroxylation sites is 1. The molecule has 0 bridgehead atoms. The molecule has 1 saturated heterocycles. The third kappa shape index (κ3) is 5.14. The predicted molar refractivity (Wildman–Crippen MR) is 124 cm³/mol. The van der Waals surface area contributed by atoms with Gasteiger partial charge < -0.3 is 15.0 Å². The number of alkyl halides is 3. The summed E-state index contributed by atoms with van der Waals surface area (Å²) in [5.41, 5.74) is 2.30. The van der Waals surface area contributed by atoms with Crippen molar-refractivity contribution in [3.63, 3.8) is 0 Å². The van der Waals surface area contributed by atoms with E-state index in [2.05, 4.69) is 15.0 Å². The smallest absolute Gasteiger partial charge is 0.406 e. The van der Waals surface area contributed by atoms with Crippen LogP contribution in [0.5, 0.6) is 5.75 Å². The Morgan fingerprint density at radius 2 is 1.78 bits per heavy atom. The molecule has 0 aliphatic carbocycles. The lowest BCUT2D eigenvalue weighted by molar-refractivity contribution is -0.274. The lowest BCUT2D eigenvalue weighted by atomic mass is 10.1. The van der Waals surface area contributed by atoms with Gasteiger partial charge in [-0.1, -0.05) is 18.2 Å². The highest BCUT2D eigenvalue weighted by atomic mass is 19.4. The first-order chi connectivity index (χ1) is 17.0. The van der Waals surface area contributed by atoms with E-state index in [1.54, 1.807) is 18.2 Å². The van der Waals surface area contributed by atoms with Crippen molar-refractivity contribution in [3.05, 3.63) is 83.7 Å². The third-order valence-electron chi connectivity index (χ3n) is 5.70. The standard InChI is InChI=1S/C25H21F3N4O4/c1-15-5-3-4-6-21(15)30-22(33)20-13-29-12-11-17(20)14-31-16(2)23(34)32(24(31)35)18-7-9-19(10-8-18)36-25(26,27)28/h3-13,16H,14H2,1-2H3,(H,30,33). The van der Waals surface area contributed by atoms with Crippen molar-refractivity contribution in [1.29, 1.82) is 0 Å². The van der Waals surface area contributed by atoms with Crippen LogP contribution in [0.3, 0.4) is 0 Å². The quantitative estimate of drug-likeness (QED) is 0.489. The minimum Gasteiger partial charge on any atom is -0.406 e. The molecule has 11 heteroatoms. The number of imide groups is 1. The molecule has 1 fully saturated rings. The van der Waals surface area contributed by atoms with E-state index >= 15 is 0 Å². The number of nitrogens with one attached hydrogen (secondary N) is 1. The number of aromatic nitrogens is 1. The van der Waals surface area contributed by atoms with Gasteiger partial charge in [-0.25, -0.2) is 9.69 Å². The maximum atomic E-state index is 13.2. The SMILES string of the molecule is Cc1ccccc1NC(=O)c1cnccc1CN1C(=O)N(c2ccc(OC(F)(F)F)cc2)C(=O)C1C. The number of rotatable bonds is 6. The fourth-order valence-corrected chi connectivity index (χ4v) is 3.80. The first-order valence-corrected chi connectivity index (χ1v) is 10.9. The Kier molecular flexibility index (Phi) is 6.65. The fraction of sp³-hybridized carbons (Fsp3) is 0.200. The van der Waals surface area contributed by atoms with Gasteiger partial charge in [0.05, 0.1) is 11.3 Å². The first kappa shape index (κ1) is 24.7. The lowest BCUT2D eigenvalue weighted by Crippen LogP contribution is -2.34. The minimum atomic E-state index is -4.86. The van der Waals surface area contributed by atoms with Gasteiger partial charge in [0, 0.05) is 24.6 Å². The van der Waals surface area contributed by atoms with Crippen molar-refractivity contribution in [3.8, 4) is 5.75 Å². The topological polar surface area (TPSA) is 91.8 Å². The number of nitrogens with zero attached hydrogens (tertiary/aromatic N) is 3. The highest BCUT2D eigenvalue weighted by Crippen LogP contribution is 2.30. The number of anilines is 2. The zero-order valence-electron chi connectivity index (χ0n) is 19.2. The van der Waals surface area contributed by atoms with E-state index in [9.17, 15) is 27.6 Å². The number of halogens is 3. The third-order valence-corrected chi connectivity index (χ3v) is 5.70. The van der Waals surface area contributed by atoms with E-state index in [0.29, 0.717) is 11.3 Å². The summed E-state index contributed by atoms with van der Waals surface area (Å²) in [5, 5.41) is 2.83. The van der Waals surface area contributed by atoms with E-state index < -0.39 is 36.0 Å². The Labute approximate surface area is 204 Å². The van der Waals surface area contributed by atoms with Gasteiger partial charge in [0.2, 0.25) is 0 Å². The van der Waals surface area contributed by atoms with E-state index in [1.807, 2.05) is 19.1 Å². The lowest BCUT2D eigenvalue weighted by Gasteiger charge is -2.21. The molecular weight excluding hydrogens is 477 g/mol. The van der Waals surface area contributed by atoms with Crippen molar-refractivity contribution in [2.24, 2.45) is 0 Å². The molecule has 0 saturated carbocycles. The van der Waals surface area contributed by atoms with Crippen LogP contribution in [0.2, 0.25) is 0 Å². The van der Waals surface area contributed by atoms with Gasteiger partial charge in [-0.15, -0.1) is 13.2 Å². The van der Waals surface area contributed by atoms with E-state index in [4.69, 9.17) is 0 Å². The van der Waals surface area contributed by atoms with Crippen LogP contribution in [0.15, 0.2) is 67.0 Å². The monoisotopic (exact) mass is 498 g/mol. The van der Waals surface area contributed by atoms with Crippen LogP contribution in [-0.2, 0) is 11.3 Å². The highest BCUT2D eigenvalue weighted by Gasteiger charge is 2.43. The van der Waals surface area contributed by atoms with Crippen molar-refractivity contribution in [2.75, 3.05) is 10.2 Å². The molecule has 1 aliphatic heterocycles. The summed E-state index contributed by atoms with van der Waals surface area (Å²) in [6.45, 7) is 3.33. The molecule has 1 aromatic heterocycles. The molecule has 4 rings (SSSR count). The maximum Gasteiger partial charge on any atom is 0.573 e. The zero-order valence-corrected chi connectivity index (χ0v) is 19.2. The number of amides is 4. The highest BCUT2D eigenvalue weighted by molar-refractivity contribution is 6.21. The normalized spacial score (nSPS) is 15.9. The Morgan fingerprint density at radius 1 is 1.08 bits per heavy atom. The predicted octanol–water partition coefficient (Wildman–Crippen LogP) is 4.90. The molecule has 3 aromatic rings. The van der Waals surface area contributed by atoms with Crippen molar-refractivity contribution in [1.82, 2.24) is 9.88 Å². The number of pyridine rings is 1. The number of hydrogen-bond donors (Lipinski definition) is 1. The van der Waals surface area contributed by atoms with Crippen molar-refractivity contribution < 1.29 is 32.3 Å². The van der Waals surface area contributed by atoms with Crippen molar-refractivity contribution >= 4 is 29.2 Å². The summed E-state index contributed by atoms with van der Waals surface area (Å²) in [7, 11) is 0. The summed E-state index contributed by atoms with van der Waals surface area (Å²) in [6, 6.07) is 11.7. The van der Waals surface area contributed by atoms with Crippen LogP contribution in [-0.4, -0.2) is 40.1 Å². The summed E-state index contributed by atoms with van der Waals surface area (Å²) >= 11 is 0.